The monoisotopic (exact) mass is 481 g/mol. The van der Waals surface area contributed by atoms with E-state index in [9.17, 15) is 18.0 Å². The molecule has 0 radical (unpaired) electrons. The third-order valence-electron chi connectivity index (χ3n) is 4.71. The Kier molecular flexibility index (Phi) is 4.59. The lowest BCUT2D eigenvalue weighted by Crippen LogP contribution is -2.28. The van der Waals surface area contributed by atoms with Gasteiger partial charge in [-0.15, -0.1) is 0 Å². The highest BCUT2D eigenvalue weighted by Crippen LogP contribution is 2.38. The fourth-order valence-electron chi connectivity index (χ4n) is 3.40. The van der Waals surface area contributed by atoms with Gasteiger partial charge in [0.2, 0.25) is 5.91 Å². The van der Waals surface area contributed by atoms with Crippen LogP contribution in [0.1, 0.15) is 12.5 Å². The molecule has 0 saturated carbocycles. The molecular formula is C18H16BrN3O4S2. The summed E-state index contributed by atoms with van der Waals surface area (Å²) >= 11 is 4.42. The SMILES string of the molecule is CC(=O)N1CCc2cc(Br)cc(S(=O)(=O)Nc3ccc4c(c3)sc(=O)n4C)c21. The summed E-state index contributed by atoms with van der Waals surface area (Å²) in [5.74, 6) is -0.201. The Labute approximate surface area is 173 Å². The van der Waals surface area contributed by atoms with Crippen molar-refractivity contribution in [2.45, 2.75) is 18.2 Å². The van der Waals surface area contributed by atoms with Crippen molar-refractivity contribution in [1.82, 2.24) is 4.57 Å². The molecule has 0 bridgehead atoms. The topological polar surface area (TPSA) is 88.5 Å². The zero-order chi connectivity index (χ0) is 20.2. The van der Waals surface area contributed by atoms with Crippen molar-refractivity contribution in [2.24, 2.45) is 7.05 Å². The maximum atomic E-state index is 13.2. The van der Waals surface area contributed by atoms with E-state index in [-0.39, 0.29) is 15.7 Å². The Morgan fingerprint density at radius 2 is 2.00 bits per heavy atom. The molecule has 146 valence electrons. The lowest BCUT2D eigenvalue weighted by molar-refractivity contribution is -0.116. The highest BCUT2D eigenvalue weighted by molar-refractivity contribution is 9.10. The summed E-state index contributed by atoms with van der Waals surface area (Å²) in [5.41, 5.74) is 2.33. The molecule has 1 aliphatic heterocycles. The smallest absolute Gasteiger partial charge is 0.307 e. The summed E-state index contributed by atoms with van der Waals surface area (Å²) in [6, 6.07) is 8.30. The Hall–Kier alpha value is -2.17. The lowest BCUT2D eigenvalue weighted by Gasteiger charge is -2.19. The van der Waals surface area contributed by atoms with Gasteiger partial charge in [-0.2, -0.15) is 0 Å². The van der Waals surface area contributed by atoms with Crippen LogP contribution in [0.4, 0.5) is 11.4 Å². The molecule has 1 N–H and O–H groups in total. The summed E-state index contributed by atoms with van der Waals surface area (Å²) in [6.45, 7) is 1.87. The maximum Gasteiger partial charge on any atom is 0.307 e. The first-order valence-corrected chi connectivity index (χ1v) is 11.5. The second kappa shape index (κ2) is 6.71. The van der Waals surface area contributed by atoms with Gasteiger partial charge in [-0.25, -0.2) is 8.42 Å². The number of amides is 1. The van der Waals surface area contributed by atoms with Crippen LogP contribution in [-0.4, -0.2) is 25.4 Å². The number of halogens is 1. The minimum absolute atomic E-state index is 0.0471. The Balaban J connectivity index is 1.80. The van der Waals surface area contributed by atoms with Gasteiger partial charge in [0.15, 0.2) is 0 Å². The Morgan fingerprint density at radius 1 is 1.25 bits per heavy atom. The summed E-state index contributed by atoms with van der Waals surface area (Å²) in [7, 11) is -2.28. The van der Waals surface area contributed by atoms with Gasteiger partial charge in [0.05, 0.1) is 21.6 Å². The van der Waals surface area contributed by atoms with E-state index in [0.29, 0.717) is 33.5 Å². The van der Waals surface area contributed by atoms with E-state index >= 15 is 0 Å². The first kappa shape index (κ1) is 19.2. The molecule has 3 aromatic rings. The number of aromatic nitrogens is 1. The predicted octanol–water partition coefficient (Wildman–Crippen LogP) is 3.07. The first-order chi connectivity index (χ1) is 13.2. The number of nitrogens with one attached hydrogen (secondary N) is 1. The zero-order valence-corrected chi connectivity index (χ0v) is 18.2. The molecule has 0 fully saturated rings. The van der Waals surface area contributed by atoms with Gasteiger partial charge in [0, 0.05) is 25.0 Å². The van der Waals surface area contributed by atoms with Gasteiger partial charge >= 0.3 is 4.87 Å². The number of thiazole rings is 1. The van der Waals surface area contributed by atoms with Crippen LogP contribution in [-0.2, 0) is 28.3 Å². The summed E-state index contributed by atoms with van der Waals surface area (Å²) in [6.07, 6.45) is 0.598. The molecule has 28 heavy (non-hydrogen) atoms. The average molecular weight is 482 g/mol. The number of rotatable bonds is 3. The van der Waals surface area contributed by atoms with E-state index < -0.39 is 10.0 Å². The molecule has 10 heteroatoms. The van der Waals surface area contributed by atoms with Crippen molar-refractivity contribution in [2.75, 3.05) is 16.2 Å². The van der Waals surface area contributed by atoms with Gasteiger partial charge in [-0.3, -0.25) is 14.3 Å². The molecular weight excluding hydrogens is 466 g/mol. The number of aryl methyl sites for hydroxylation is 1. The maximum absolute atomic E-state index is 13.2. The number of sulfonamides is 1. The van der Waals surface area contributed by atoms with Gasteiger partial charge < -0.3 is 9.47 Å². The second-order valence-corrected chi connectivity index (χ2v) is 10.1. The molecule has 0 unspecified atom stereocenters. The van der Waals surface area contributed by atoms with E-state index in [4.69, 9.17) is 0 Å². The van der Waals surface area contributed by atoms with Gasteiger partial charge in [-0.05, 0) is 42.3 Å². The summed E-state index contributed by atoms with van der Waals surface area (Å²) < 4.78 is 31.7. The van der Waals surface area contributed by atoms with Gasteiger partial charge in [0.25, 0.3) is 10.0 Å². The van der Waals surface area contributed by atoms with Crippen molar-refractivity contribution >= 4 is 64.8 Å². The van der Waals surface area contributed by atoms with Crippen LogP contribution < -0.4 is 14.5 Å². The first-order valence-electron chi connectivity index (χ1n) is 8.40. The van der Waals surface area contributed by atoms with Crippen LogP contribution in [0, 0.1) is 0 Å². The molecule has 0 spiro atoms. The molecule has 7 nitrogen and oxygen atoms in total. The molecule has 0 aliphatic carbocycles. The molecule has 1 aromatic heterocycles. The fourth-order valence-corrected chi connectivity index (χ4v) is 6.30. The molecule has 4 rings (SSSR count). The van der Waals surface area contributed by atoms with Crippen LogP contribution in [0.25, 0.3) is 10.2 Å². The minimum Gasteiger partial charge on any atom is -0.311 e. The van der Waals surface area contributed by atoms with E-state index in [1.165, 1.54) is 22.5 Å². The normalized spacial score (nSPS) is 13.8. The number of nitrogens with zero attached hydrogens (tertiary/aromatic N) is 2. The van der Waals surface area contributed by atoms with E-state index in [1.807, 2.05) is 6.07 Å². The number of hydrogen-bond donors (Lipinski definition) is 1. The number of anilines is 2. The fraction of sp³-hybridized carbons (Fsp3) is 0.222. The van der Waals surface area contributed by atoms with Crippen LogP contribution in [0.5, 0.6) is 0 Å². The predicted molar refractivity (Wildman–Crippen MR) is 114 cm³/mol. The van der Waals surface area contributed by atoms with Crippen LogP contribution in [0.3, 0.4) is 0 Å². The molecule has 0 saturated heterocycles. The molecule has 1 amide bonds. The largest absolute Gasteiger partial charge is 0.311 e. The average Bonchev–Trinajstić information content (AvgIpc) is 3.15. The quantitative estimate of drug-likeness (QED) is 0.622. The number of fused-ring (bicyclic) bond motifs is 2. The minimum atomic E-state index is -3.95. The highest BCUT2D eigenvalue weighted by Gasteiger charge is 2.31. The van der Waals surface area contributed by atoms with E-state index in [2.05, 4.69) is 20.7 Å². The Bertz CT molecular complexity index is 1290. The van der Waals surface area contributed by atoms with Crippen molar-refractivity contribution in [3.05, 3.63) is 50.0 Å². The van der Waals surface area contributed by atoms with Crippen molar-refractivity contribution < 1.29 is 13.2 Å². The summed E-state index contributed by atoms with van der Waals surface area (Å²) in [5, 5.41) is 0. The second-order valence-electron chi connectivity index (χ2n) is 6.55. The number of benzene rings is 2. The number of carbonyl (C=O) groups is 1. The molecule has 0 atom stereocenters. The highest BCUT2D eigenvalue weighted by atomic mass is 79.9. The van der Waals surface area contributed by atoms with Crippen molar-refractivity contribution in [3.63, 3.8) is 0 Å². The van der Waals surface area contributed by atoms with Crippen molar-refractivity contribution in [1.29, 1.82) is 0 Å². The van der Waals surface area contributed by atoms with Crippen LogP contribution in [0.15, 0.2) is 44.5 Å². The Morgan fingerprint density at radius 3 is 2.71 bits per heavy atom. The van der Waals surface area contributed by atoms with Crippen LogP contribution >= 0.6 is 27.3 Å². The number of hydrogen-bond acceptors (Lipinski definition) is 5. The summed E-state index contributed by atoms with van der Waals surface area (Å²) in [4.78, 5) is 25.2. The van der Waals surface area contributed by atoms with E-state index in [1.54, 1.807) is 25.2 Å². The third kappa shape index (κ3) is 3.15. The van der Waals surface area contributed by atoms with Crippen molar-refractivity contribution in [3.8, 4) is 0 Å². The lowest BCUT2D eigenvalue weighted by atomic mass is 10.2. The number of carbonyl (C=O) groups excluding carboxylic acids is 1. The van der Waals surface area contributed by atoms with E-state index in [0.717, 1.165) is 22.4 Å². The zero-order valence-electron chi connectivity index (χ0n) is 15.0. The third-order valence-corrected chi connectivity index (χ3v) is 7.56. The molecule has 2 aromatic carbocycles. The standard InChI is InChI=1S/C18H16BrN3O4S2/c1-10(23)22-6-5-11-7-12(19)8-16(17(11)22)28(25,26)20-13-3-4-14-15(9-13)27-18(24)21(14)2/h3-4,7-9,20H,5-6H2,1-2H3. The van der Waals surface area contributed by atoms with Gasteiger partial charge in [-0.1, -0.05) is 27.3 Å². The van der Waals surface area contributed by atoms with Gasteiger partial charge in [0.1, 0.15) is 4.90 Å². The van der Waals surface area contributed by atoms with Crippen LogP contribution in [0.2, 0.25) is 0 Å². The molecule has 1 aliphatic rings. The molecule has 2 heterocycles.